The van der Waals surface area contributed by atoms with Crippen molar-refractivity contribution in [2.75, 3.05) is 5.32 Å². The molecule has 1 atom stereocenters. The monoisotopic (exact) mass is 232 g/mol. The van der Waals surface area contributed by atoms with Gasteiger partial charge in [-0.2, -0.15) is 0 Å². The first-order chi connectivity index (χ1) is 8.11. The van der Waals surface area contributed by atoms with Crippen molar-refractivity contribution in [2.24, 2.45) is 0 Å². The van der Waals surface area contributed by atoms with E-state index >= 15 is 0 Å². The molecule has 0 bridgehead atoms. The van der Waals surface area contributed by atoms with Crippen molar-refractivity contribution in [2.45, 2.75) is 32.9 Å². The summed E-state index contributed by atoms with van der Waals surface area (Å²) in [5.74, 6) is -0.0459. The molecule has 0 aliphatic heterocycles. The molecule has 0 fully saturated rings. The van der Waals surface area contributed by atoms with Crippen LogP contribution < -0.4 is 10.6 Å². The molecule has 0 saturated carbocycles. The number of hydrogen-bond acceptors (Lipinski definition) is 2. The van der Waals surface area contributed by atoms with Crippen molar-refractivity contribution in [3.8, 4) is 0 Å². The van der Waals surface area contributed by atoms with Gasteiger partial charge in [-0.05, 0) is 31.0 Å². The van der Waals surface area contributed by atoms with Crippen LogP contribution in [0.25, 0.3) is 0 Å². The zero-order chi connectivity index (χ0) is 12.7. The fourth-order valence-corrected chi connectivity index (χ4v) is 1.53. The number of nitrogens with one attached hydrogen (secondary N) is 2. The third kappa shape index (κ3) is 5.31. The SMILES string of the molecule is C=CCC(C)NCc1ccc(NC(C)=O)cc1. The Hall–Kier alpha value is -1.61. The second-order valence-electron chi connectivity index (χ2n) is 4.18. The van der Waals surface area contributed by atoms with Crippen molar-refractivity contribution in [3.05, 3.63) is 42.5 Å². The minimum atomic E-state index is -0.0459. The molecule has 0 spiro atoms. The maximum Gasteiger partial charge on any atom is 0.221 e. The first-order valence-corrected chi connectivity index (χ1v) is 5.82. The first-order valence-electron chi connectivity index (χ1n) is 5.82. The number of rotatable bonds is 6. The van der Waals surface area contributed by atoms with Gasteiger partial charge in [0.2, 0.25) is 5.91 Å². The average Bonchev–Trinajstić information content (AvgIpc) is 2.28. The van der Waals surface area contributed by atoms with Crippen molar-refractivity contribution < 1.29 is 4.79 Å². The van der Waals surface area contributed by atoms with Crippen molar-refractivity contribution >= 4 is 11.6 Å². The Morgan fingerprint density at radius 1 is 1.41 bits per heavy atom. The van der Waals surface area contributed by atoms with Crippen LogP contribution in [0.4, 0.5) is 5.69 Å². The van der Waals surface area contributed by atoms with E-state index in [1.807, 2.05) is 30.3 Å². The van der Waals surface area contributed by atoms with Crippen LogP contribution in [0, 0.1) is 0 Å². The van der Waals surface area contributed by atoms with E-state index < -0.39 is 0 Å². The van der Waals surface area contributed by atoms with Gasteiger partial charge in [-0.3, -0.25) is 4.79 Å². The number of carbonyl (C=O) groups is 1. The van der Waals surface area contributed by atoms with Crippen molar-refractivity contribution in [1.82, 2.24) is 5.32 Å². The van der Waals surface area contributed by atoms with Crippen LogP contribution in [0.1, 0.15) is 25.8 Å². The summed E-state index contributed by atoms with van der Waals surface area (Å²) in [4.78, 5) is 10.9. The standard InChI is InChI=1S/C14H20N2O/c1-4-5-11(2)15-10-13-6-8-14(9-7-13)16-12(3)17/h4,6-9,11,15H,1,5,10H2,2-3H3,(H,16,17). The minimum Gasteiger partial charge on any atom is -0.326 e. The normalized spacial score (nSPS) is 11.9. The molecule has 0 radical (unpaired) electrons. The third-order valence-corrected chi connectivity index (χ3v) is 2.45. The zero-order valence-electron chi connectivity index (χ0n) is 10.5. The van der Waals surface area contributed by atoms with Crippen LogP contribution in [0.5, 0.6) is 0 Å². The number of carbonyl (C=O) groups excluding carboxylic acids is 1. The predicted molar refractivity (Wildman–Crippen MR) is 71.9 cm³/mol. The summed E-state index contributed by atoms with van der Waals surface area (Å²) in [5, 5.41) is 6.15. The maximum absolute atomic E-state index is 10.9. The molecule has 1 unspecified atom stereocenters. The van der Waals surface area contributed by atoms with E-state index in [2.05, 4.69) is 24.1 Å². The van der Waals surface area contributed by atoms with Gasteiger partial charge in [0, 0.05) is 25.2 Å². The highest BCUT2D eigenvalue weighted by atomic mass is 16.1. The molecule has 1 rings (SSSR count). The first kappa shape index (κ1) is 13.5. The van der Waals surface area contributed by atoms with Crippen LogP contribution >= 0.6 is 0 Å². The fraction of sp³-hybridized carbons (Fsp3) is 0.357. The lowest BCUT2D eigenvalue weighted by Gasteiger charge is -2.11. The van der Waals surface area contributed by atoms with E-state index in [4.69, 9.17) is 0 Å². The van der Waals surface area contributed by atoms with Crippen LogP contribution in [0.3, 0.4) is 0 Å². The summed E-state index contributed by atoms with van der Waals surface area (Å²) in [6.45, 7) is 8.18. The van der Waals surface area contributed by atoms with Crippen molar-refractivity contribution in [3.63, 3.8) is 0 Å². The summed E-state index contributed by atoms with van der Waals surface area (Å²) in [7, 11) is 0. The molecule has 0 aromatic heterocycles. The molecule has 0 saturated heterocycles. The molecule has 1 aromatic rings. The van der Waals surface area contributed by atoms with Crippen molar-refractivity contribution in [1.29, 1.82) is 0 Å². The molecule has 3 heteroatoms. The Balaban J connectivity index is 2.45. The average molecular weight is 232 g/mol. The predicted octanol–water partition coefficient (Wildman–Crippen LogP) is 2.70. The van der Waals surface area contributed by atoms with Gasteiger partial charge in [0.25, 0.3) is 0 Å². The van der Waals surface area contributed by atoms with Crippen LogP contribution in [-0.2, 0) is 11.3 Å². The molecule has 1 aromatic carbocycles. The highest BCUT2D eigenvalue weighted by Gasteiger charge is 1.99. The quantitative estimate of drug-likeness (QED) is 0.740. The lowest BCUT2D eigenvalue weighted by atomic mass is 10.1. The summed E-state index contributed by atoms with van der Waals surface area (Å²) >= 11 is 0. The van der Waals surface area contributed by atoms with Crippen LogP contribution in [-0.4, -0.2) is 11.9 Å². The number of benzene rings is 1. The van der Waals surface area contributed by atoms with Gasteiger partial charge in [-0.1, -0.05) is 18.2 Å². The van der Waals surface area contributed by atoms with E-state index in [0.717, 1.165) is 18.7 Å². The summed E-state index contributed by atoms with van der Waals surface area (Å²) in [5.41, 5.74) is 2.04. The fourth-order valence-electron chi connectivity index (χ4n) is 1.53. The summed E-state index contributed by atoms with van der Waals surface area (Å²) in [6, 6.07) is 8.29. The van der Waals surface area contributed by atoms with E-state index in [9.17, 15) is 4.79 Å². The lowest BCUT2D eigenvalue weighted by molar-refractivity contribution is -0.114. The van der Waals surface area contributed by atoms with E-state index in [0.29, 0.717) is 6.04 Å². The second-order valence-corrected chi connectivity index (χ2v) is 4.18. The molecular weight excluding hydrogens is 212 g/mol. The Morgan fingerprint density at radius 3 is 2.59 bits per heavy atom. The topological polar surface area (TPSA) is 41.1 Å². The molecular formula is C14H20N2O. The number of hydrogen-bond donors (Lipinski definition) is 2. The highest BCUT2D eigenvalue weighted by Crippen LogP contribution is 2.09. The van der Waals surface area contributed by atoms with Gasteiger partial charge in [-0.15, -0.1) is 6.58 Å². The summed E-state index contributed by atoms with van der Waals surface area (Å²) in [6.07, 6.45) is 2.88. The summed E-state index contributed by atoms with van der Waals surface area (Å²) < 4.78 is 0. The maximum atomic E-state index is 10.9. The van der Waals surface area contributed by atoms with Crippen LogP contribution in [0.2, 0.25) is 0 Å². The van der Waals surface area contributed by atoms with Gasteiger partial charge in [0.05, 0.1) is 0 Å². The smallest absolute Gasteiger partial charge is 0.221 e. The Morgan fingerprint density at radius 2 is 2.06 bits per heavy atom. The molecule has 2 N–H and O–H groups in total. The van der Waals surface area contributed by atoms with E-state index in [1.54, 1.807) is 0 Å². The van der Waals surface area contributed by atoms with Gasteiger partial charge in [0.1, 0.15) is 0 Å². The Kier molecular flexibility index (Phi) is 5.43. The highest BCUT2D eigenvalue weighted by molar-refractivity contribution is 5.88. The molecule has 1 amide bonds. The molecule has 17 heavy (non-hydrogen) atoms. The molecule has 0 aliphatic carbocycles. The zero-order valence-corrected chi connectivity index (χ0v) is 10.5. The third-order valence-electron chi connectivity index (χ3n) is 2.45. The van der Waals surface area contributed by atoms with Crippen LogP contribution in [0.15, 0.2) is 36.9 Å². The number of amides is 1. The largest absolute Gasteiger partial charge is 0.326 e. The van der Waals surface area contributed by atoms with Gasteiger partial charge < -0.3 is 10.6 Å². The second kappa shape index (κ2) is 6.86. The minimum absolute atomic E-state index is 0.0459. The number of anilines is 1. The Labute approximate surface area is 103 Å². The molecule has 92 valence electrons. The molecule has 0 aliphatic rings. The van der Waals surface area contributed by atoms with Gasteiger partial charge >= 0.3 is 0 Å². The lowest BCUT2D eigenvalue weighted by Crippen LogP contribution is -2.24. The molecule has 3 nitrogen and oxygen atoms in total. The van der Waals surface area contributed by atoms with Gasteiger partial charge in [-0.25, -0.2) is 0 Å². The Bertz CT molecular complexity index is 370. The molecule has 0 heterocycles. The van der Waals surface area contributed by atoms with E-state index in [1.165, 1.54) is 12.5 Å². The van der Waals surface area contributed by atoms with E-state index in [-0.39, 0.29) is 5.91 Å². The van der Waals surface area contributed by atoms with Gasteiger partial charge in [0.15, 0.2) is 0 Å².